The SMILES string of the molecule is CCC(NCc1ccc(CSC)o1)C(C)C. The molecule has 1 aromatic heterocycles. The van der Waals surface area contributed by atoms with Gasteiger partial charge in [0.1, 0.15) is 11.5 Å². The number of nitrogens with one attached hydrogen (secondary N) is 1. The smallest absolute Gasteiger partial charge is 0.118 e. The van der Waals surface area contributed by atoms with Crippen LogP contribution in [-0.4, -0.2) is 12.3 Å². The second-order valence-corrected chi connectivity index (χ2v) is 5.31. The summed E-state index contributed by atoms with van der Waals surface area (Å²) in [7, 11) is 0. The monoisotopic (exact) mass is 241 g/mol. The molecule has 0 spiro atoms. The van der Waals surface area contributed by atoms with E-state index >= 15 is 0 Å². The molecule has 0 aliphatic rings. The van der Waals surface area contributed by atoms with E-state index in [-0.39, 0.29) is 0 Å². The van der Waals surface area contributed by atoms with Gasteiger partial charge in [0.25, 0.3) is 0 Å². The highest BCUT2D eigenvalue weighted by molar-refractivity contribution is 7.97. The van der Waals surface area contributed by atoms with Crippen molar-refractivity contribution in [2.75, 3.05) is 6.26 Å². The summed E-state index contributed by atoms with van der Waals surface area (Å²) < 4.78 is 5.72. The number of hydrogen-bond donors (Lipinski definition) is 1. The van der Waals surface area contributed by atoms with Gasteiger partial charge in [-0.3, -0.25) is 0 Å². The van der Waals surface area contributed by atoms with Gasteiger partial charge in [-0.05, 0) is 30.7 Å². The van der Waals surface area contributed by atoms with Crippen molar-refractivity contribution in [3.05, 3.63) is 23.7 Å². The van der Waals surface area contributed by atoms with E-state index in [4.69, 9.17) is 4.42 Å². The first kappa shape index (κ1) is 13.7. The van der Waals surface area contributed by atoms with Gasteiger partial charge in [0.05, 0.1) is 12.3 Å². The van der Waals surface area contributed by atoms with Gasteiger partial charge in [0, 0.05) is 6.04 Å². The Kier molecular flexibility index (Phi) is 5.99. The molecule has 0 amide bonds. The minimum atomic E-state index is 0.578. The molecule has 0 aliphatic heterocycles. The van der Waals surface area contributed by atoms with Gasteiger partial charge in [0.2, 0.25) is 0 Å². The zero-order valence-electron chi connectivity index (χ0n) is 10.7. The van der Waals surface area contributed by atoms with E-state index in [1.807, 2.05) is 0 Å². The minimum absolute atomic E-state index is 0.578. The Balaban J connectivity index is 2.41. The number of thioether (sulfide) groups is 1. The van der Waals surface area contributed by atoms with Crippen LogP contribution in [0.3, 0.4) is 0 Å². The number of furan rings is 1. The fourth-order valence-electron chi connectivity index (χ4n) is 1.82. The zero-order valence-corrected chi connectivity index (χ0v) is 11.6. The summed E-state index contributed by atoms with van der Waals surface area (Å²) in [6, 6.07) is 4.73. The third-order valence-corrected chi connectivity index (χ3v) is 3.36. The summed E-state index contributed by atoms with van der Waals surface area (Å²) in [4.78, 5) is 0. The second-order valence-electron chi connectivity index (χ2n) is 4.44. The topological polar surface area (TPSA) is 25.2 Å². The molecule has 0 fully saturated rings. The maximum Gasteiger partial charge on any atom is 0.118 e. The van der Waals surface area contributed by atoms with Crippen molar-refractivity contribution in [3.8, 4) is 0 Å². The van der Waals surface area contributed by atoms with Crippen molar-refractivity contribution in [3.63, 3.8) is 0 Å². The van der Waals surface area contributed by atoms with Gasteiger partial charge in [-0.1, -0.05) is 20.8 Å². The van der Waals surface area contributed by atoms with Gasteiger partial charge in [-0.15, -0.1) is 0 Å². The quantitative estimate of drug-likeness (QED) is 0.788. The van der Waals surface area contributed by atoms with Crippen LogP contribution in [0.2, 0.25) is 0 Å². The second kappa shape index (κ2) is 7.02. The summed E-state index contributed by atoms with van der Waals surface area (Å²) in [6.07, 6.45) is 3.25. The van der Waals surface area contributed by atoms with Crippen LogP contribution in [-0.2, 0) is 12.3 Å². The van der Waals surface area contributed by atoms with E-state index in [2.05, 4.69) is 44.5 Å². The Bertz CT molecular complexity index is 296. The average molecular weight is 241 g/mol. The van der Waals surface area contributed by atoms with Gasteiger partial charge in [-0.2, -0.15) is 11.8 Å². The molecule has 1 rings (SSSR count). The Morgan fingerprint density at radius 1 is 1.31 bits per heavy atom. The third-order valence-electron chi connectivity index (χ3n) is 2.79. The number of hydrogen-bond acceptors (Lipinski definition) is 3. The van der Waals surface area contributed by atoms with Crippen LogP contribution in [0.15, 0.2) is 16.5 Å². The average Bonchev–Trinajstić information content (AvgIpc) is 2.67. The molecule has 0 saturated carbocycles. The Hall–Kier alpha value is -0.410. The first-order chi connectivity index (χ1) is 7.67. The first-order valence-corrected chi connectivity index (χ1v) is 7.36. The highest BCUT2D eigenvalue weighted by Crippen LogP contribution is 2.14. The molecular weight excluding hydrogens is 218 g/mol. The zero-order chi connectivity index (χ0) is 12.0. The molecule has 0 aromatic carbocycles. The Morgan fingerprint density at radius 2 is 2.00 bits per heavy atom. The first-order valence-electron chi connectivity index (χ1n) is 5.97. The lowest BCUT2D eigenvalue weighted by atomic mass is 10.0. The van der Waals surface area contributed by atoms with Crippen molar-refractivity contribution in [2.45, 2.75) is 45.5 Å². The summed E-state index contributed by atoms with van der Waals surface area (Å²) in [5, 5.41) is 3.54. The lowest BCUT2D eigenvalue weighted by molar-refractivity contribution is 0.363. The lowest BCUT2D eigenvalue weighted by Crippen LogP contribution is -2.32. The molecule has 0 aliphatic carbocycles. The van der Waals surface area contributed by atoms with E-state index in [0.717, 1.165) is 30.2 Å². The van der Waals surface area contributed by atoms with Crippen LogP contribution in [0.1, 0.15) is 38.7 Å². The van der Waals surface area contributed by atoms with Crippen LogP contribution in [0.4, 0.5) is 0 Å². The van der Waals surface area contributed by atoms with Crippen molar-refractivity contribution in [1.82, 2.24) is 5.32 Å². The predicted octanol–water partition coefficient (Wildman–Crippen LogP) is 3.67. The van der Waals surface area contributed by atoms with Crippen LogP contribution in [0.25, 0.3) is 0 Å². The van der Waals surface area contributed by atoms with Gasteiger partial charge >= 0.3 is 0 Å². The largest absolute Gasteiger partial charge is 0.464 e. The normalized spacial score (nSPS) is 13.3. The van der Waals surface area contributed by atoms with Crippen LogP contribution in [0.5, 0.6) is 0 Å². The lowest BCUT2D eigenvalue weighted by Gasteiger charge is -2.19. The molecule has 1 N–H and O–H groups in total. The van der Waals surface area contributed by atoms with Gasteiger partial charge < -0.3 is 9.73 Å². The predicted molar refractivity (Wildman–Crippen MR) is 71.7 cm³/mol. The summed E-state index contributed by atoms with van der Waals surface area (Å²) in [5.41, 5.74) is 0. The molecule has 0 radical (unpaired) electrons. The van der Waals surface area contributed by atoms with E-state index in [1.54, 1.807) is 11.8 Å². The fourth-order valence-corrected chi connectivity index (χ4v) is 2.26. The maximum absolute atomic E-state index is 5.72. The maximum atomic E-state index is 5.72. The van der Waals surface area contributed by atoms with Crippen LogP contribution >= 0.6 is 11.8 Å². The summed E-state index contributed by atoms with van der Waals surface area (Å²) >= 11 is 1.79. The minimum Gasteiger partial charge on any atom is -0.464 e. The van der Waals surface area contributed by atoms with Gasteiger partial charge in [-0.25, -0.2) is 0 Å². The van der Waals surface area contributed by atoms with Crippen LogP contribution < -0.4 is 5.32 Å². The Labute approximate surface area is 103 Å². The molecule has 1 unspecified atom stereocenters. The molecular formula is C13H23NOS. The van der Waals surface area contributed by atoms with Crippen molar-refractivity contribution in [1.29, 1.82) is 0 Å². The van der Waals surface area contributed by atoms with Crippen molar-refractivity contribution >= 4 is 11.8 Å². The van der Waals surface area contributed by atoms with E-state index < -0.39 is 0 Å². The molecule has 1 aromatic rings. The molecule has 0 bridgehead atoms. The van der Waals surface area contributed by atoms with Crippen molar-refractivity contribution < 1.29 is 4.42 Å². The molecule has 2 nitrogen and oxygen atoms in total. The summed E-state index contributed by atoms with van der Waals surface area (Å²) in [6.45, 7) is 7.56. The molecule has 1 heterocycles. The number of rotatable bonds is 7. The molecule has 3 heteroatoms. The van der Waals surface area contributed by atoms with Gasteiger partial charge in [0.15, 0.2) is 0 Å². The third kappa shape index (κ3) is 4.22. The fraction of sp³-hybridized carbons (Fsp3) is 0.692. The van der Waals surface area contributed by atoms with Crippen molar-refractivity contribution in [2.24, 2.45) is 5.92 Å². The Morgan fingerprint density at radius 3 is 2.56 bits per heavy atom. The van der Waals surface area contributed by atoms with Crippen LogP contribution in [0, 0.1) is 5.92 Å². The molecule has 92 valence electrons. The van der Waals surface area contributed by atoms with E-state index in [1.165, 1.54) is 0 Å². The van der Waals surface area contributed by atoms with E-state index in [9.17, 15) is 0 Å². The molecule has 16 heavy (non-hydrogen) atoms. The molecule has 1 atom stereocenters. The van der Waals surface area contributed by atoms with E-state index in [0.29, 0.717) is 12.0 Å². The standard InChI is InChI=1S/C13H23NOS/c1-5-13(10(2)3)14-8-11-6-7-12(15-11)9-16-4/h6-7,10,13-14H,5,8-9H2,1-4H3. The highest BCUT2D eigenvalue weighted by atomic mass is 32.2. The highest BCUT2D eigenvalue weighted by Gasteiger charge is 2.10. The summed E-state index contributed by atoms with van der Waals surface area (Å²) in [5.74, 6) is 3.75. The molecule has 0 saturated heterocycles.